The molecular weight excluding hydrogens is 246 g/mol. The highest BCUT2D eigenvalue weighted by atomic mass is 15.2. The Kier molecular flexibility index (Phi) is 3.62. The fraction of sp³-hybridized carbons (Fsp3) is 0.471. The molecule has 1 aromatic heterocycles. The Morgan fingerprint density at radius 1 is 1.35 bits per heavy atom. The first-order valence-electron chi connectivity index (χ1n) is 7.43. The van der Waals surface area contributed by atoms with E-state index in [-0.39, 0.29) is 0 Å². The van der Waals surface area contributed by atoms with Crippen LogP contribution in [0.1, 0.15) is 18.9 Å². The molecule has 3 rings (SSSR count). The summed E-state index contributed by atoms with van der Waals surface area (Å²) in [6.45, 7) is 4.33. The van der Waals surface area contributed by atoms with E-state index in [1.54, 1.807) is 0 Å². The average Bonchev–Trinajstić information content (AvgIpc) is 3.14. The van der Waals surface area contributed by atoms with Crippen LogP contribution in [0.4, 0.5) is 5.82 Å². The van der Waals surface area contributed by atoms with Gasteiger partial charge >= 0.3 is 0 Å². The minimum absolute atomic E-state index is 0.848. The number of hydrogen-bond donors (Lipinski definition) is 1. The molecule has 2 atom stereocenters. The van der Waals surface area contributed by atoms with Crippen molar-refractivity contribution < 1.29 is 0 Å². The minimum atomic E-state index is 0.848. The van der Waals surface area contributed by atoms with Crippen LogP contribution < -0.4 is 10.2 Å². The van der Waals surface area contributed by atoms with Crippen LogP contribution >= 0.6 is 0 Å². The Morgan fingerprint density at radius 2 is 2.10 bits per heavy atom. The largest absolute Gasteiger partial charge is 0.359 e. The summed E-state index contributed by atoms with van der Waals surface area (Å²) in [6, 6.07) is 10.6. The van der Waals surface area contributed by atoms with Gasteiger partial charge in [-0.05, 0) is 43.0 Å². The van der Waals surface area contributed by atoms with Crippen molar-refractivity contribution in [3.8, 4) is 0 Å². The summed E-state index contributed by atoms with van der Waals surface area (Å²) in [7, 11) is 4.15. The summed E-state index contributed by atoms with van der Waals surface area (Å²) in [5.74, 6) is 2.82. The van der Waals surface area contributed by atoms with Crippen LogP contribution in [0.25, 0.3) is 10.9 Å². The second-order valence-corrected chi connectivity index (χ2v) is 6.04. The molecule has 0 radical (unpaired) electrons. The number of anilines is 1. The highest BCUT2D eigenvalue weighted by Gasteiger charge is 2.33. The van der Waals surface area contributed by atoms with E-state index in [9.17, 15) is 0 Å². The van der Waals surface area contributed by atoms with Crippen LogP contribution in [0.2, 0.25) is 0 Å². The predicted octanol–water partition coefficient (Wildman–Crippen LogP) is 3.05. The van der Waals surface area contributed by atoms with Gasteiger partial charge in [0.25, 0.3) is 0 Å². The van der Waals surface area contributed by atoms with E-state index in [1.165, 1.54) is 17.4 Å². The first-order chi connectivity index (χ1) is 9.69. The van der Waals surface area contributed by atoms with Crippen LogP contribution in [0.5, 0.6) is 0 Å². The lowest BCUT2D eigenvalue weighted by Crippen LogP contribution is -2.22. The number of aromatic nitrogens is 1. The standard InChI is InChI=1S/C17H23N3/c1-12-8-14(12)11-20(3)17-9-13(10-18-2)15-6-4-5-7-16(15)19-17/h4-7,9,12,14,18H,8,10-11H2,1-3H3. The van der Waals surface area contributed by atoms with E-state index in [2.05, 4.69) is 54.5 Å². The molecular formula is C17H23N3. The molecule has 1 saturated carbocycles. The number of rotatable bonds is 5. The molecule has 0 bridgehead atoms. The number of hydrogen-bond acceptors (Lipinski definition) is 3. The molecule has 1 aromatic carbocycles. The lowest BCUT2D eigenvalue weighted by atomic mass is 10.1. The molecule has 3 heteroatoms. The summed E-state index contributed by atoms with van der Waals surface area (Å²) < 4.78 is 0. The second-order valence-electron chi connectivity index (χ2n) is 6.04. The Morgan fingerprint density at radius 3 is 2.80 bits per heavy atom. The quantitative estimate of drug-likeness (QED) is 0.904. The zero-order valence-electron chi connectivity index (χ0n) is 12.6. The molecule has 3 nitrogen and oxygen atoms in total. The molecule has 2 aromatic rings. The van der Waals surface area contributed by atoms with Gasteiger partial charge in [0.1, 0.15) is 5.82 Å². The van der Waals surface area contributed by atoms with Gasteiger partial charge in [0.05, 0.1) is 5.52 Å². The third-order valence-corrected chi connectivity index (χ3v) is 4.33. The van der Waals surface area contributed by atoms with Gasteiger partial charge in [-0.15, -0.1) is 0 Å². The molecule has 0 saturated heterocycles. The molecule has 2 unspecified atom stereocenters. The minimum Gasteiger partial charge on any atom is -0.359 e. The zero-order chi connectivity index (χ0) is 14.1. The maximum atomic E-state index is 4.82. The van der Waals surface area contributed by atoms with E-state index in [0.29, 0.717) is 0 Å². The Hall–Kier alpha value is -1.61. The van der Waals surface area contributed by atoms with Crippen LogP contribution in [0, 0.1) is 11.8 Å². The van der Waals surface area contributed by atoms with Crippen molar-refractivity contribution in [3.05, 3.63) is 35.9 Å². The summed E-state index contributed by atoms with van der Waals surface area (Å²) in [5, 5.41) is 4.51. The molecule has 1 fully saturated rings. The number of pyridine rings is 1. The highest BCUT2D eigenvalue weighted by Crippen LogP contribution is 2.38. The van der Waals surface area contributed by atoms with Crippen LogP contribution in [-0.2, 0) is 6.54 Å². The fourth-order valence-electron chi connectivity index (χ4n) is 2.86. The Labute approximate surface area is 121 Å². The number of nitrogens with zero attached hydrogens (tertiary/aromatic N) is 2. The first-order valence-corrected chi connectivity index (χ1v) is 7.43. The lowest BCUT2D eigenvalue weighted by molar-refractivity contribution is 0.719. The van der Waals surface area contributed by atoms with Gasteiger partial charge in [-0.1, -0.05) is 25.1 Å². The molecule has 0 amide bonds. The zero-order valence-corrected chi connectivity index (χ0v) is 12.6. The van der Waals surface area contributed by atoms with E-state index >= 15 is 0 Å². The van der Waals surface area contributed by atoms with E-state index in [4.69, 9.17) is 4.98 Å². The van der Waals surface area contributed by atoms with E-state index < -0.39 is 0 Å². The van der Waals surface area contributed by atoms with Crippen LogP contribution in [-0.4, -0.2) is 25.6 Å². The van der Waals surface area contributed by atoms with Crippen molar-refractivity contribution in [2.45, 2.75) is 19.9 Å². The van der Waals surface area contributed by atoms with Gasteiger partial charge in [-0.25, -0.2) is 4.98 Å². The van der Waals surface area contributed by atoms with Gasteiger partial charge < -0.3 is 10.2 Å². The molecule has 0 aliphatic heterocycles. The number of fused-ring (bicyclic) bond motifs is 1. The molecule has 20 heavy (non-hydrogen) atoms. The summed E-state index contributed by atoms with van der Waals surface area (Å²) >= 11 is 0. The normalized spacial score (nSPS) is 21.1. The maximum absolute atomic E-state index is 4.82. The summed E-state index contributed by atoms with van der Waals surface area (Å²) in [5.41, 5.74) is 2.41. The van der Waals surface area contributed by atoms with Gasteiger partial charge in [0.15, 0.2) is 0 Å². The smallest absolute Gasteiger partial charge is 0.129 e. The van der Waals surface area contributed by atoms with Crippen molar-refractivity contribution in [1.29, 1.82) is 0 Å². The fourth-order valence-corrected chi connectivity index (χ4v) is 2.86. The SMILES string of the molecule is CNCc1cc(N(C)CC2CC2C)nc2ccccc12. The lowest BCUT2D eigenvalue weighted by Gasteiger charge is -2.20. The Bertz CT molecular complexity index is 608. The monoisotopic (exact) mass is 269 g/mol. The predicted molar refractivity (Wildman–Crippen MR) is 85.0 cm³/mol. The third-order valence-electron chi connectivity index (χ3n) is 4.33. The molecule has 1 aliphatic rings. The van der Waals surface area contributed by atoms with Crippen molar-refractivity contribution in [3.63, 3.8) is 0 Å². The van der Waals surface area contributed by atoms with Crippen molar-refractivity contribution in [2.75, 3.05) is 25.5 Å². The molecule has 1 heterocycles. The van der Waals surface area contributed by atoms with Crippen molar-refractivity contribution in [2.24, 2.45) is 11.8 Å². The van der Waals surface area contributed by atoms with Gasteiger partial charge in [0.2, 0.25) is 0 Å². The molecule has 1 N–H and O–H groups in total. The van der Waals surface area contributed by atoms with Gasteiger partial charge in [-0.2, -0.15) is 0 Å². The molecule has 106 valence electrons. The summed E-state index contributed by atoms with van der Waals surface area (Å²) in [4.78, 5) is 7.13. The van der Waals surface area contributed by atoms with Gasteiger partial charge in [0, 0.05) is 25.5 Å². The van der Waals surface area contributed by atoms with Gasteiger partial charge in [-0.3, -0.25) is 0 Å². The van der Waals surface area contributed by atoms with Crippen LogP contribution in [0.15, 0.2) is 30.3 Å². The number of para-hydroxylation sites is 1. The second kappa shape index (κ2) is 5.41. The highest BCUT2D eigenvalue weighted by molar-refractivity contribution is 5.84. The molecule has 1 aliphatic carbocycles. The third kappa shape index (κ3) is 2.63. The van der Waals surface area contributed by atoms with Crippen molar-refractivity contribution >= 4 is 16.7 Å². The topological polar surface area (TPSA) is 28.2 Å². The number of nitrogens with one attached hydrogen (secondary N) is 1. The summed E-state index contributed by atoms with van der Waals surface area (Å²) in [6.07, 6.45) is 1.36. The van der Waals surface area contributed by atoms with E-state index in [0.717, 1.165) is 36.3 Å². The average molecular weight is 269 g/mol. The maximum Gasteiger partial charge on any atom is 0.129 e. The molecule has 0 spiro atoms. The van der Waals surface area contributed by atoms with Crippen molar-refractivity contribution in [1.82, 2.24) is 10.3 Å². The van der Waals surface area contributed by atoms with E-state index in [1.807, 2.05) is 7.05 Å². The first kappa shape index (κ1) is 13.4. The van der Waals surface area contributed by atoms with Crippen LogP contribution in [0.3, 0.4) is 0 Å². The Balaban J connectivity index is 1.93. The number of benzene rings is 1.